The topological polar surface area (TPSA) is 142 Å². The molecule has 5 N–H and O–H groups in total. The third-order valence-electron chi connectivity index (χ3n) is 6.75. The second-order valence-corrected chi connectivity index (χ2v) is 13.6. The van der Waals surface area contributed by atoms with Gasteiger partial charge in [-0.3, -0.25) is 9.52 Å². The summed E-state index contributed by atoms with van der Waals surface area (Å²) < 4.78 is 41.7. The number of carbonyl (C=O) groups is 1. The molecule has 4 rings (SSSR count). The minimum Gasteiger partial charge on any atom is -0.365 e. The maximum atomic E-state index is 15.0. The molecule has 1 aromatic heterocycles. The van der Waals surface area contributed by atoms with Crippen molar-refractivity contribution >= 4 is 56.4 Å². The average molecular weight is 590 g/mol. The number of piperidine rings is 1. The van der Waals surface area contributed by atoms with Crippen LogP contribution in [0.5, 0.6) is 0 Å². The number of carbonyl (C=O) groups excluding carboxylic acids is 1. The van der Waals surface area contributed by atoms with Crippen molar-refractivity contribution in [1.82, 2.24) is 14.9 Å². The van der Waals surface area contributed by atoms with E-state index in [9.17, 15) is 13.2 Å². The van der Waals surface area contributed by atoms with Crippen molar-refractivity contribution in [2.45, 2.75) is 44.3 Å². The number of primary amides is 1. The van der Waals surface area contributed by atoms with Gasteiger partial charge in [0.25, 0.3) is 5.91 Å². The summed E-state index contributed by atoms with van der Waals surface area (Å²) in [4.78, 5) is 22.8. The molecule has 1 fully saturated rings. The number of rotatable bonds is 8. The number of nitrogens with one attached hydrogen (secondary N) is 3. The first-order valence-corrected chi connectivity index (χ1v) is 14.6. The summed E-state index contributed by atoms with van der Waals surface area (Å²) in [5, 5.41) is 6.13. The number of amides is 1. The molecular weight excluding hydrogens is 557 g/mol. The highest BCUT2D eigenvalue weighted by atomic mass is 35.5. The van der Waals surface area contributed by atoms with E-state index in [0.717, 1.165) is 25.9 Å². The van der Waals surface area contributed by atoms with Crippen molar-refractivity contribution in [3.8, 4) is 0 Å². The largest absolute Gasteiger partial charge is 0.365 e. The van der Waals surface area contributed by atoms with Gasteiger partial charge in [0, 0.05) is 17.6 Å². The molecule has 13 heteroatoms. The Morgan fingerprint density at radius 3 is 2.38 bits per heavy atom. The van der Waals surface area contributed by atoms with E-state index in [4.69, 9.17) is 17.3 Å². The number of aromatic nitrogens is 2. The number of anilines is 5. The van der Waals surface area contributed by atoms with E-state index in [1.165, 1.54) is 24.4 Å². The lowest BCUT2D eigenvalue weighted by Crippen LogP contribution is -2.33. The number of benzene rings is 2. The fourth-order valence-corrected chi connectivity index (χ4v) is 5.20. The number of hydrogen-bond donors (Lipinski definition) is 4. The van der Waals surface area contributed by atoms with Gasteiger partial charge in [-0.25, -0.2) is 17.8 Å². The Kier molecular flexibility index (Phi) is 8.52. The van der Waals surface area contributed by atoms with Crippen LogP contribution in [0.2, 0.25) is 5.02 Å². The summed E-state index contributed by atoms with van der Waals surface area (Å²) >= 11 is 6.24. The number of likely N-dealkylation sites (tertiary alicyclic amines) is 1. The second kappa shape index (κ2) is 11.6. The number of nitrogens with two attached hydrogens (primary N) is 1. The molecule has 0 aliphatic carbocycles. The highest BCUT2D eigenvalue weighted by Crippen LogP contribution is 2.33. The number of hydrogen-bond acceptors (Lipinski definition) is 8. The number of halogens is 2. The molecule has 3 aromatic rings. The van der Waals surface area contributed by atoms with Gasteiger partial charge in [-0.2, -0.15) is 4.98 Å². The molecule has 0 bridgehead atoms. The smallest absolute Gasteiger partial charge is 0.254 e. The van der Waals surface area contributed by atoms with Gasteiger partial charge in [0.2, 0.25) is 16.0 Å². The molecule has 0 atom stereocenters. The van der Waals surface area contributed by atoms with Gasteiger partial charge in [-0.15, -0.1) is 0 Å². The lowest BCUT2D eigenvalue weighted by Gasteiger charge is -2.29. The molecule has 2 heterocycles. The highest BCUT2D eigenvalue weighted by Gasteiger charge is 2.29. The average Bonchev–Trinajstić information content (AvgIpc) is 2.86. The van der Waals surface area contributed by atoms with Crippen LogP contribution in [-0.4, -0.2) is 54.1 Å². The molecule has 1 aliphatic rings. The van der Waals surface area contributed by atoms with Crippen molar-refractivity contribution in [3.05, 3.63) is 64.6 Å². The molecule has 1 saturated heterocycles. The first-order valence-electron chi connectivity index (χ1n) is 12.7. The zero-order valence-corrected chi connectivity index (χ0v) is 24.3. The molecule has 1 aliphatic heterocycles. The second-order valence-electron chi connectivity index (χ2n) is 10.8. The van der Waals surface area contributed by atoms with Gasteiger partial charge in [0.05, 0.1) is 15.5 Å². The lowest BCUT2D eigenvalue weighted by atomic mass is 9.89. The van der Waals surface area contributed by atoms with Crippen LogP contribution in [0.25, 0.3) is 0 Å². The van der Waals surface area contributed by atoms with Crippen molar-refractivity contribution in [2.75, 3.05) is 35.5 Å². The molecule has 214 valence electrons. The summed E-state index contributed by atoms with van der Waals surface area (Å²) in [6.07, 6.45) is 3.05. The van der Waals surface area contributed by atoms with Crippen LogP contribution in [0.4, 0.5) is 33.2 Å². The van der Waals surface area contributed by atoms with E-state index < -0.39 is 20.7 Å². The molecule has 2 aromatic carbocycles. The van der Waals surface area contributed by atoms with Gasteiger partial charge < -0.3 is 21.3 Å². The first-order chi connectivity index (χ1) is 18.7. The summed E-state index contributed by atoms with van der Waals surface area (Å²) in [5.74, 6) is -0.741. The first kappa shape index (κ1) is 29.5. The molecule has 1 amide bonds. The van der Waals surface area contributed by atoms with E-state index in [0.29, 0.717) is 16.9 Å². The third kappa shape index (κ3) is 6.80. The summed E-state index contributed by atoms with van der Waals surface area (Å²) in [5.41, 5.74) is 7.19. The van der Waals surface area contributed by atoms with Crippen molar-refractivity contribution in [1.29, 1.82) is 0 Å². The minimum atomic E-state index is -3.75. The van der Waals surface area contributed by atoms with Gasteiger partial charge in [-0.05, 0) is 95.6 Å². The Morgan fingerprint density at radius 2 is 1.75 bits per heavy atom. The van der Waals surface area contributed by atoms with Gasteiger partial charge in [0.15, 0.2) is 0 Å². The zero-order chi connectivity index (χ0) is 29.2. The molecule has 0 saturated carbocycles. The predicted molar refractivity (Wildman–Crippen MR) is 157 cm³/mol. The maximum Gasteiger partial charge on any atom is 0.254 e. The Labute approximate surface area is 238 Å². The maximum absolute atomic E-state index is 15.0. The van der Waals surface area contributed by atoms with E-state index in [2.05, 4.69) is 37.3 Å². The third-order valence-corrected chi connectivity index (χ3v) is 9.18. The van der Waals surface area contributed by atoms with Crippen LogP contribution in [-0.2, 0) is 10.0 Å². The Hall–Kier alpha value is -3.48. The summed E-state index contributed by atoms with van der Waals surface area (Å²) in [7, 11) is -1.69. The fourth-order valence-electron chi connectivity index (χ4n) is 4.22. The summed E-state index contributed by atoms with van der Waals surface area (Å²) in [6, 6.07) is 9.51. The molecule has 10 nitrogen and oxygen atoms in total. The molecular formula is C27H33ClFN7O3S. The monoisotopic (exact) mass is 589 g/mol. The van der Waals surface area contributed by atoms with Crippen LogP contribution in [0.3, 0.4) is 0 Å². The Bertz CT molecular complexity index is 1520. The molecule has 0 unspecified atom stereocenters. The predicted octanol–water partition coefficient (Wildman–Crippen LogP) is 5.20. The molecule has 40 heavy (non-hydrogen) atoms. The standard InChI is InChI=1S/C27H33ClFN7O3S/c1-27(2,3)40(38,39)35-23-14-18(6-8-21(23)28)32-25-20(24(30)37)15-31-26(34-25)33-17-5-7-19(22(29)13-17)16-9-11-36(4)12-10-16/h5-8,13-16,35H,9-12H2,1-4H3,(H2,30,37)(H2,31,32,33,34). The SMILES string of the molecule is CN1CCC(c2ccc(Nc3ncc(C(N)=O)c(Nc4ccc(Cl)c(NS(=O)(=O)C(C)(C)C)c4)n3)cc2F)CC1. The highest BCUT2D eigenvalue weighted by molar-refractivity contribution is 7.94. The van der Waals surface area contributed by atoms with Crippen molar-refractivity contribution in [3.63, 3.8) is 0 Å². The van der Waals surface area contributed by atoms with Gasteiger partial charge >= 0.3 is 0 Å². The van der Waals surface area contributed by atoms with Crippen LogP contribution in [0.15, 0.2) is 42.6 Å². The quantitative estimate of drug-likeness (QED) is 0.281. The van der Waals surface area contributed by atoms with Crippen LogP contribution in [0, 0.1) is 5.82 Å². The number of sulfonamides is 1. The van der Waals surface area contributed by atoms with E-state index >= 15 is 4.39 Å². The zero-order valence-electron chi connectivity index (χ0n) is 22.8. The van der Waals surface area contributed by atoms with Crippen LogP contribution in [0.1, 0.15) is 55.5 Å². The van der Waals surface area contributed by atoms with Crippen LogP contribution < -0.4 is 21.1 Å². The van der Waals surface area contributed by atoms with E-state index in [-0.39, 0.29) is 39.8 Å². The summed E-state index contributed by atoms with van der Waals surface area (Å²) in [6.45, 7) is 6.55. The number of nitrogens with zero attached hydrogens (tertiary/aromatic N) is 3. The fraction of sp³-hybridized carbons (Fsp3) is 0.370. The van der Waals surface area contributed by atoms with E-state index in [1.54, 1.807) is 39.0 Å². The van der Waals surface area contributed by atoms with Crippen LogP contribution >= 0.6 is 11.6 Å². The Balaban J connectivity index is 1.57. The molecule has 0 spiro atoms. The van der Waals surface area contributed by atoms with Crippen molar-refractivity contribution in [2.24, 2.45) is 5.73 Å². The Morgan fingerprint density at radius 1 is 1.10 bits per heavy atom. The van der Waals surface area contributed by atoms with Gasteiger partial charge in [0.1, 0.15) is 17.2 Å². The van der Waals surface area contributed by atoms with E-state index in [1.807, 2.05) is 0 Å². The molecule has 0 radical (unpaired) electrons. The lowest BCUT2D eigenvalue weighted by molar-refractivity contribution is 0.100. The minimum absolute atomic E-state index is 0.00103. The normalized spacial score (nSPS) is 15.1. The van der Waals surface area contributed by atoms with Gasteiger partial charge in [-0.1, -0.05) is 17.7 Å². The van der Waals surface area contributed by atoms with Crippen molar-refractivity contribution < 1.29 is 17.6 Å².